The van der Waals surface area contributed by atoms with Crippen LogP contribution in [0.5, 0.6) is 0 Å². The van der Waals surface area contributed by atoms with E-state index in [1.165, 1.54) is 0 Å². The van der Waals surface area contributed by atoms with Crippen LogP contribution in [0.3, 0.4) is 0 Å². The van der Waals surface area contributed by atoms with E-state index in [1.807, 2.05) is 38.1 Å². The van der Waals surface area contributed by atoms with Crippen LogP contribution in [0.1, 0.15) is 30.0 Å². The molecule has 0 spiro atoms. The molecule has 148 valence electrons. The first kappa shape index (κ1) is 19.7. The second kappa shape index (κ2) is 7.36. The van der Waals surface area contributed by atoms with E-state index in [0.717, 1.165) is 0 Å². The first-order valence-corrected chi connectivity index (χ1v) is 10.0. The first-order valence-electron chi connectivity index (χ1n) is 9.25. The van der Waals surface area contributed by atoms with Crippen molar-refractivity contribution in [1.82, 2.24) is 0 Å². The number of benzene rings is 2. The molecule has 1 aliphatic rings. The van der Waals surface area contributed by atoms with Gasteiger partial charge in [-0.1, -0.05) is 79.5 Å². The molecule has 1 fully saturated rings. The lowest BCUT2D eigenvalue weighted by molar-refractivity contribution is -0.118. The van der Waals surface area contributed by atoms with Crippen LogP contribution in [0.25, 0.3) is 11.0 Å². The highest BCUT2D eigenvalue weighted by atomic mass is 35.5. The van der Waals surface area contributed by atoms with E-state index in [2.05, 4.69) is 5.32 Å². The van der Waals surface area contributed by atoms with E-state index >= 15 is 0 Å². The molecule has 0 bridgehead atoms. The lowest BCUT2D eigenvalue weighted by atomic mass is 10.1. The molecule has 3 aromatic rings. The number of rotatable bonds is 5. The van der Waals surface area contributed by atoms with Gasteiger partial charge in [0, 0.05) is 10.9 Å². The summed E-state index contributed by atoms with van der Waals surface area (Å²) in [7, 11) is 0. The van der Waals surface area contributed by atoms with Gasteiger partial charge >= 0.3 is 0 Å². The molecule has 0 radical (unpaired) electrons. The van der Waals surface area contributed by atoms with Crippen LogP contribution in [0.2, 0.25) is 0 Å². The Morgan fingerprint density at radius 2 is 1.69 bits per heavy atom. The number of furan rings is 1. The Morgan fingerprint density at radius 3 is 2.38 bits per heavy atom. The predicted molar refractivity (Wildman–Crippen MR) is 115 cm³/mol. The Kier molecular flexibility index (Phi) is 5.01. The molecule has 1 heterocycles. The zero-order valence-electron chi connectivity index (χ0n) is 15.9. The largest absolute Gasteiger partial charge is 0.450 e. The smallest absolute Gasteiger partial charge is 0.230 e. The van der Waals surface area contributed by atoms with Crippen LogP contribution in [0.15, 0.2) is 69.6 Å². The minimum absolute atomic E-state index is 0.0704. The highest BCUT2D eigenvalue weighted by Crippen LogP contribution is 2.60. The van der Waals surface area contributed by atoms with Gasteiger partial charge in [0.2, 0.25) is 11.7 Å². The van der Waals surface area contributed by atoms with Gasteiger partial charge in [0.25, 0.3) is 0 Å². The topological polar surface area (TPSA) is 59.3 Å². The van der Waals surface area contributed by atoms with Crippen LogP contribution in [-0.2, 0) is 4.79 Å². The molecule has 1 saturated carbocycles. The van der Waals surface area contributed by atoms with Crippen molar-refractivity contribution in [2.45, 2.75) is 13.8 Å². The summed E-state index contributed by atoms with van der Waals surface area (Å²) in [4.78, 5) is 26.1. The number of carbonyl (C=O) groups is 2. The van der Waals surface area contributed by atoms with Crippen LogP contribution < -0.4 is 5.32 Å². The quantitative estimate of drug-likeness (QED) is 0.493. The maximum atomic E-state index is 13.1. The molecule has 1 N–H and O–H groups in total. The minimum Gasteiger partial charge on any atom is -0.450 e. The fourth-order valence-electron chi connectivity index (χ4n) is 3.88. The molecule has 0 aliphatic heterocycles. The van der Waals surface area contributed by atoms with Gasteiger partial charge in [0.1, 0.15) is 10.1 Å². The third-order valence-electron chi connectivity index (χ3n) is 5.58. The Balaban J connectivity index is 1.71. The summed E-state index contributed by atoms with van der Waals surface area (Å²) >= 11 is 11.6. The number of halogens is 2. The predicted octanol–water partition coefficient (Wildman–Crippen LogP) is 6.19. The van der Waals surface area contributed by atoms with E-state index < -0.39 is 0 Å². The van der Waals surface area contributed by atoms with Gasteiger partial charge in [-0.25, -0.2) is 0 Å². The summed E-state index contributed by atoms with van der Waals surface area (Å²) in [6.07, 6.45) is 1.69. The summed E-state index contributed by atoms with van der Waals surface area (Å²) in [5.74, 6) is -0.735. The van der Waals surface area contributed by atoms with Crippen molar-refractivity contribution in [2.24, 2.45) is 17.3 Å². The normalized spacial score (nSPS) is 19.6. The molecular weight excluding hydrogens is 409 g/mol. The highest BCUT2D eigenvalue weighted by molar-refractivity contribution is 6.55. The zero-order chi connectivity index (χ0) is 20.8. The number of amides is 1. The SMILES string of the molecule is CC1(C)C(C=C(Cl)Cl)C1C(=O)Nc1c(C(=O)c2ccccc2)oc2ccccc12. The molecule has 1 aromatic heterocycles. The fourth-order valence-corrected chi connectivity index (χ4v) is 4.15. The lowest BCUT2D eigenvalue weighted by Crippen LogP contribution is -2.18. The van der Waals surface area contributed by atoms with Crippen molar-refractivity contribution >= 4 is 51.5 Å². The maximum Gasteiger partial charge on any atom is 0.230 e. The molecule has 29 heavy (non-hydrogen) atoms. The Labute approximate surface area is 178 Å². The fraction of sp³-hybridized carbons (Fsp3) is 0.217. The molecule has 2 unspecified atom stereocenters. The Morgan fingerprint density at radius 1 is 1.03 bits per heavy atom. The zero-order valence-corrected chi connectivity index (χ0v) is 17.4. The van der Waals surface area contributed by atoms with Crippen molar-refractivity contribution < 1.29 is 14.0 Å². The van der Waals surface area contributed by atoms with Gasteiger partial charge < -0.3 is 9.73 Å². The average Bonchev–Trinajstić information content (AvgIpc) is 3.05. The first-order chi connectivity index (χ1) is 13.8. The maximum absolute atomic E-state index is 13.1. The number of ketones is 1. The van der Waals surface area contributed by atoms with Crippen LogP contribution >= 0.6 is 23.2 Å². The van der Waals surface area contributed by atoms with E-state index in [9.17, 15) is 9.59 Å². The number of allylic oxidation sites excluding steroid dienone is 1. The number of fused-ring (bicyclic) bond motifs is 1. The van der Waals surface area contributed by atoms with Crippen LogP contribution in [-0.4, -0.2) is 11.7 Å². The van der Waals surface area contributed by atoms with Gasteiger partial charge in [-0.05, 0) is 29.5 Å². The third kappa shape index (κ3) is 3.59. The van der Waals surface area contributed by atoms with Crippen molar-refractivity contribution in [2.75, 3.05) is 5.32 Å². The van der Waals surface area contributed by atoms with E-state index in [-0.39, 0.29) is 39.2 Å². The Hall–Kier alpha value is -2.56. The van der Waals surface area contributed by atoms with Gasteiger partial charge in [0.15, 0.2) is 5.76 Å². The summed E-state index contributed by atoms with van der Waals surface area (Å²) in [6, 6.07) is 16.1. The van der Waals surface area contributed by atoms with Crippen molar-refractivity contribution in [3.05, 3.63) is 76.5 Å². The molecule has 2 atom stereocenters. The highest BCUT2D eigenvalue weighted by Gasteiger charge is 2.60. The molecule has 4 rings (SSSR count). The summed E-state index contributed by atoms with van der Waals surface area (Å²) in [5.41, 5.74) is 1.14. The standard InChI is InChI=1S/C23H19Cl2NO3/c1-23(2)15(12-17(24)25)18(23)22(28)26-19-14-10-6-7-11-16(14)29-21(19)20(27)13-8-4-3-5-9-13/h3-12,15,18H,1-2H3,(H,26,28). The van der Waals surface area contributed by atoms with Crippen LogP contribution in [0, 0.1) is 17.3 Å². The number of hydrogen-bond acceptors (Lipinski definition) is 3. The molecule has 0 saturated heterocycles. The molecule has 2 aromatic carbocycles. The number of hydrogen-bond donors (Lipinski definition) is 1. The van der Waals surface area contributed by atoms with Crippen molar-refractivity contribution in [3.8, 4) is 0 Å². The summed E-state index contributed by atoms with van der Waals surface area (Å²) in [6.45, 7) is 3.97. The minimum atomic E-state index is -0.302. The second-order valence-corrected chi connectivity index (χ2v) is 8.78. The monoisotopic (exact) mass is 427 g/mol. The van der Waals surface area contributed by atoms with E-state index in [1.54, 1.807) is 36.4 Å². The number of nitrogens with one attached hydrogen (secondary N) is 1. The second-order valence-electron chi connectivity index (χ2n) is 7.77. The molecule has 1 aliphatic carbocycles. The molecule has 1 amide bonds. The summed E-state index contributed by atoms with van der Waals surface area (Å²) < 4.78 is 5.99. The van der Waals surface area contributed by atoms with Gasteiger partial charge in [-0.15, -0.1) is 0 Å². The van der Waals surface area contributed by atoms with E-state index in [4.69, 9.17) is 27.6 Å². The van der Waals surface area contributed by atoms with Gasteiger partial charge in [-0.3, -0.25) is 9.59 Å². The van der Waals surface area contributed by atoms with Gasteiger partial charge in [-0.2, -0.15) is 0 Å². The average molecular weight is 428 g/mol. The molecular formula is C23H19Cl2NO3. The van der Waals surface area contributed by atoms with Gasteiger partial charge in [0.05, 0.1) is 11.6 Å². The summed E-state index contributed by atoms with van der Waals surface area (Å²) in [5, 5.41) is 3.62. The number of para-hydroxylation sites is 1. The molecule has 6 heteroatoms. The van der Waals surface area contributed by atoms with Crippen molar-refractivity contribution in [1.29, 1.82) is 0 Å². The number of carbonyl (C=O) groups excluding carboxylic acids is 2. The third-order valence-corrected chi connectivity index (χ3v) is 5.84. The number of anilines is 1. The van der Waals surface area contributed by atoms with Crippen molar-refractivity contribution in [3.63, 3.8) is 0 Å². The molecule has 4 nitrogen and oxygen atoms in total. The lowest BCUT2D eigenvalue weighted by Gasteiger charge is -2.07. The van der Waals surface area contributed by atoms with Crippen LogP contribution in [0.4, 0.5) is 5.69 Å². The Bertz CT molecular complexity index is 1130. The van der Waals surface area contributed by atoms with E-state index in [0.29, 0.717) is 22.2 Å².